The van der Waals surface area contributed by atoms with Crippen molar-refractivity contribution in [2.24, 2.45) is 5.92 Å². The Kier molecular flexibility index (Phi) is 6.13. The van der Waals surface area contributed by atoms with E-state index in [-0.39, 0.29) is 11.5 Å². The third kappa shape index (κ3) is 4.44. The number of carboxylic acid groups (broad SMARTS) is 1. The minimum absolute atomic E-state index is 0.172. The minimum Gasteiger partial charge on any atom is -0.478 e. The normalized spacial score (nSPS) is 10.6. The number of rotatable bonds is 7. The fraction of sp³-hybridized carbons (Fsp3) is 0.300. The fourth-order valence-corrected chi connectivity index (χ4v) is 2.63. The minimum atomic E-state index is -1.00. The lowest BCUT2D eigenvalue weighted by atomic mass is 9.95. The smallest absolute Gasteiger partial charge is 0.336 e. The predicted molar refractivity (Wildman–Crippen MR) is 95.2 cm³/mol. The third-order valence-electron chi connectivity index (χ3n) is 3.86. The Morgan fingerprint density at radius 3 is 2.08 bits per heavy atom. The van der Waals surface area contributed by atoms with Crippen LogP contribution in [0.15, 0.2) is 48.5 Å². The van der Waals surface area contributed by atoms with Crippen LogP contribution in [0, 0.1) is 5.92 Å². The molecule has 0 saturated carbocycles. The highest BCUT2D eigenvalue weighted by Gasteiger charge is 2.17. The van der Waals surface area contributed by atoms with Gasteiger partial charge in [-0.25, -0.2) is 4.79 Å². The number of hydrogen-bond acceptors (Lipinski definition) is 2. The number of hydrogen-bond donors (Lipinski definition) is 2. The molecule has 4 heteroatoms. The number of carbonyl (C=O) groups is 2. The molecule has 24 heavy (non-hydrogen) atoms. The Hall–Kier alpha value is -2.62. The SMILES string of the molecule is CC(C)CCCNC(=O)c1ccccc1-c1ccccc1C(=O)O. The number of nitrogens with one attached hydrogen (secondary N) is 1. The van der Waals surface area contributed by atoms with E-state index in [2.05, 4.69) is 19.2 Å². The van der Waals surface area contributed by atoms with E-state index in [1.54, 1.807) is 42.5 Å². The molecule has 0 aliphatic carbocycles. The molecule has 2 aromatic rings. The molecule has 2 N–H and O–H groups in total. The quantitative estimate of drug-likeness (QED) is 0.749. The van der Waals surface area contributed by atoms with Crippen molar-refractivity contribution in [2.45, 2.75) is 26.7 Å². The first-order valence-corrected chi connectivity index (χ1v) is 8.20. The van der Waals surface area contributed by atoms with Crippen molar-refractivity contribution in [2.75, 3.05) is 6.54 Å². The van der Waals surface area contributed by atoms with Gasteiger partial charge in [0.15, 0.2) is 0 Å². The maximum absolute atomic E-state index is 12.5. The van der Waals surface area contributed by atoms with Crippen LogP contribution in [-0.4, -0.2) is 23.5 Å². The topological polar surface area (TPSA) is 66.4 Å². The lowest BCUT2D eigenvalue weighted by Crippen LogP contribution is -2.25. The van der Waals surface area contributed by atoms with Crippen molar-refractivity contribution in [1.29, 1.82) is 0 Å². The summed E-state index contributed by atoms with van der Waals surface area (Å²) in [6.07, 6.45) is 1.99. The molecule has 0 bridgehead atoms. The molecular weight excluding hydrogens is 302 g/mol. The Morgan fingerprint density at radius 2 is 1.50 bits per heavy atom. The van der Waals surface area contributed by atoms with E-state index >= 15 is 0 Å². The van der Waals surface area contributed by atoms with E-state index in [1.165, 1.54) is 0 Å². The van der Waals surface area contributed by atoms with Gasteiger partial charge < -0.3 is 10.4 Å². The second-order valence-electron chi connectivity index (χ2n) is 6.19. The molecule has 0 fully saturated rings. The molecule has 126 valence electrons. The monoisotopic (exact) mass is 325 g/mol. The standard InChI is InChI=1S/C20H23NO3/c1-14(2)8-7-13-21-19(22)17-11-5-3-9-15(17)16-10-4-6-12-18(16)20(23)24/h3-6,9-12,14H,7-8,13H2,1-2H3,(H,21,22)(H,23,24). The average molecular weight is 325 g/mol. The number of benzene rings is 2. The predicted octanol–water partition coefficient (Wildman–Crippen LogP) is 4.22. The summed E-state index contributed by atoms with van der Waals surface area (Å²) in [4.78, 5) is 24.0. The van der Waals surface area contributed by atoms with Gasteiger partial charge in [0.2, 0.25) is 0 Å². The molecule has 0 aliphatic heterocycles. The van der Waals surface area contributed by atoms with Crippen LogP contribution in [-0.2, 0) is 0 Å². The molecule has 0 atom stereocenters. The summed E-state index contributed by atoms with van der Waals surface area (Å²) in [5.41, 5.74) is 1.88. The highest BCUT2D eigenvalue weighted by atomic mass is 16.4. The van der Waals surface area contributed by atoms with Crippen LogP contribution < -0.4 is 5.32 Å². The zero-order valence-corrected chi connectivity index (χ0v) is 14.1. The molecule has 2 aromatic carbocycles. The van der Waals surface area contributed by atoms with Crippen LogP contribution >= 0.6 is 0 Å². The van der Waals surface area contributed by atoms with Gasteiger partial charge in [0.1, 0.15) is 0 Å². The summed E-state index contributed by atoms with van der Waals surface area (Å²) in [6.45, 7) is 4.92. The Labute approximate surface area is 142 Å². The van der Waals surface area contributed by atoms with Crippen molar-refractivity contribution in [1.82, 2.24) is 5.32 Å². The van der Waals surface area contributed by atoms with Gasteiger partial charge in [-0.3, -0.25) is 4.79 Å². The summed E-state index contributed by atoms with van der Waals surface area (Å²) >= 11 is 0. The second kappa shape index (κ2) is 8.29. The van der Waals surface area contributed by atoms with E-state index in [4.69, 9.17) is 0 Å². The summed E-state index contributed by atoms with van der Waals surface area (Å²) in [6, 6.07) is 13.8. The van der Waals surface area contributed by atoms with E-state index in [0.29, 0.717) is 29.2 Å². The van der Waals surface area contributed by atoms with Gasteiger partial charge in [0.25, 0.3) is 5.91 Å². The van der Waals surface area contributed by atoms with E-state index in [1.807, 2.05) is 6.07 Å². The first kappa shape index (κ1) is 17.7. The maximum Gasteiger partial charge on any atom is 0.336 e. The Balaban J connectivity index is 2.25. The lowest BCUT2D eigenvalue weighted by molar-refractivity contribution is 0.0697. The van der Waals surface area contributed by atoms with Gasteiger partial charge in [0.05, 0.1) is 5.56 Å². The average Bonchev–Trinajstić information content (AvgIpc) is 2.58. The molecule has 0 unspecified atom stereocenters. The number of carbonyl (C=O) groups excluding carboxylic acids is 1. The van der Waals surface area contributed by atoms with E-state index < -0.39 is 5.97 Å². The van der Waals surface area contributed by atoms with Gasteiger partial charge in [-0.05, 0) is 42.0 Å². The zero-order valence-electron chi connectivity index (χ0n) is 14.1. The van der Waals surface area contributed by atoms with Gasteiger partial charge in [-0.15, -0.1) is 0 Å². The molecule has 4 nitrogen and oxygen atoms in total. The van der Waals surface area contributed by atoms with Gasteiger partial charge in [-0.1, -0.05) is 50.2 Å². The highest BCUT2D eigenvalue weighted by Crippen LogP contribution is 2.27. The molecule has 0 saturated heterocycles. The summed E-state index contributed by atoms with van der Waals surface area (Å²) in [5.74, 6) is -0.566. The van der Waals surface area contributed by atoms with Crippen LogP contribution in [0.4, 0.5) is 0 Å². The van der Waals surface area contributed by atoms with E-state index in [0.717, 1.165) is 12.8 Å². The van der Waals surface area contributed by atoms with Crippen molar-refractivity contribution in [3.8, 4) is 11.1 Å². The highest BCUT2D eigenvalue weighted by molar-refractivity contribution is 6.04. The molecule has 0 aliphatic rings. The molecule has 2 rings (SSSR count). The summed E-state index contributed by atoms with van der Waals surface area (Å²) < 4.78 is 0. The van der Waals surface area contributed by atoms with Gasteiger partial charge in [-0.2, -0.15) is 0 Å². The zero-order chi connectivity index (χ0) is 17.5. The van der Waals surface area contributed by atoms with Crippen molar-refractivity contribution in [3.63, 3.8) is 0 Å². The maximum atomic E-state index is 12.5. The van der Waals surface area contributed by atoms with Crippen LogP contribution in [0.3, 0.4) is 0 Å². The Morgan fingerprint density at radius 1 is 0.958 bits per heavy atom. The number of carboxylic acids is 1. The van der Waals surface area contributed by atoms with Crippen molar-refractivity contribution < 1.29 is 14.7 Å². The first-order chi connectivity index (χ1) is 11.5. The second-order valence-corrected chi connectivity index (χ2v) is 6.19. The molecule has 0 heterocycles. The fourth-order valence-electron chi connectivity index (χ4n) is 2.63. The lowest BCUT2D eigenvalue weighted by Gasteiger charge is -2.12. The molecular formula is C20H23NO3. The van der Waals surface area contributed by atoms with Crippen LogP contribution in [0.25, 0.3) is 11.1 Å². The first-order valence-electron chi connectivity index (χ1n) is 8.20. The number of aromatic carboxylic acids is 1. The van der Waals surface area contributed by atoms with Crippen molar-refractivity contribution in [3.05, 3.63) is 59.7 Å². The molecule has 0 aromatic heterocycles. The van der Waals surface area contributed by atoms with Crippen LogP contribution in [0.5, 0.6) is 0 Å². The third-order valence-corrected chi connectivity index (χ3v) is 3.86. The summed E-state index contributed by atoms with van der Waals surface area (Å²) in [7, 11) is 0. The number of amides is 1. The summed E-state index contributed by atoms with van der Waals surface area (Å²) in [5, 5.41) is 12.3. The van der Waals surface area contributed by atoms with Crippen molar-refractivity contribution >= 4 is 11.9 Å². The van der Waals surface area contributed by atoms with Crippen LogP contribution in [0.2, 0.25) is 0 Å². The molecule has 1 amide bonds. The van der Waals surface area contributed by atoms with Gasteiger partial charge >= 0.3 is 5.97 Å². The van der Waals surface area contributed by atoms with Crippen LogP contribution in [0.1, 0.15) is 47.4 Å². The Bertz CT molecular complexity index is 722. The van der Waals surface area contributed by atoms with Gasteiger partial charge in [0, 0.05) is 12.1 Å². The molecule has 0 radical (unpaired) electrons. The largest absolute Gasteiger partial charge is 0.478 e. The van der Waals surface area contributed by atoms with E-state index in [9.17, 15) is 14.7 Å². The molecule has 0 spiro atoms.